The number of esters is 1. The number of ether oxygens (including phenoxy) is 1. The van der Waals surface area contributed by atoms with Crippen LogP contribution in [0.4, 0.5) is 0 Å². The fourth-order valence-electron chi connectivity index (χ4n) is 8.35. The van der Waals surface area contributed by atoms with E-state index in [4.69, 9.17) is 13.8 Å². The smallest absolute Gasteiger partial charge is 0.472 e. The van der Waals surface area contributed by atoms with E-state index in [9.17, 15) is 34.1 Å². The molecule has 0 aliphatic carbocycles. The highest BCUT2D eigenvalue weighted by Crippen LogP contribution is 2.43. The Hall–Kier alpha value is -2.04. The van der Waals surface area contributed by atoms with Crippen molar-refractivity contribution >= 4 is 25.7 Å². The van der Waals surface area contributed by atoms with Crippen molar-refractivity contribution in [2.75, 3.05) is 19.8 Å². The molecule has 0 bridgehead atoms. The van der Waals surface area contributed by atoms with Crippen LogP contribution in [0.5, 0.6) is 0 Å². The molecule has 0 aliphatic rings. The molecule has 0 saturated heterocycles. The quantitative estimate of drug-likeness (QED) is 0.0199. The number of phosphoric ester groups is 1. The first-order valence-electron chi connectivity index (χ1n) is 28.4. The average molecular weight is 984 g/mol. The van der Waals surface area contributed by atoms with Gasteiger partial charge in [0.15, 0.2) is 6.04 Å². The van der Waals surface area contributed by atoms with Crippen LogP contribution < -0.4 is 5.32 Å². The highest BCUT2D eigenvalue weighted by Gasteiger charge is 2.28. The van der Waals surface area contributed by atoms with Gasteiger partial charge in [0.25, 0.3) is 0 Å². The van der Waals surface area contributed by atoms with E-state index in [1.807, 2.05) is 0 Å². The van der Waals surface area contributed by atoms with E-state index < -0.39 is 57.6 Å². The van der Waals surface area contributed by atoms with Crippen molar-refractivity contribution in [3.05, 3.63) is 24.3 Å². The standard InChI is InChI=1S/C56H106NO10P/c1-3-5-7-9-11-13-15-17-19-21-23-25-26-28-29-31-33-35-37-39-41-43-45-47-54(59)57-53(56(61)62)51-67-68(63,64)66-50-52(58)49-65-55(60)48-46-44-42-40-38-36-34-32-30-27-24-22-20-18-16-14-12-10-8-6-4-2/h11,13,17,19,52-53,58H,3-10,12,14-16,18,20-51H2,1-2H3,(H,57,59)(H,61,62)(H,63,64)/b13-11-,19-17-. The summed E-state index contributed by atoms with van der Waals surface area (Å²) in [4.78, 5) is 46.2. The first-order valence-corrected chi connectivity index (χ1v) is 29.9. The fourth-order valence-corrected chi connectivity index (χ4v) is 9.12. The fraction of sp³-hybridized carbons (Fsp3) is 0.875. The molecule has 3 unspecified atom stereocenters. The molecule has 4 N–H and O–H groups in total. The third kappa shape index (κ3) is 50.4. The number of phosphoric acid groups is 1. The zero-order valence-corrected chi connectivity index (χ0v) is 44.8. The van der Waals surface area contributed by atoms with Gasteiger partial charge in [-0.3, -0.25) is 18.6 Å². The molecule has 12 heteroatoms. The van der Waals surface area contributed by atoms with E-state index in [0.717, 1.165) is 44.9 Å². The maximum atomic E-state index is 12.4. The molecule has 0 aromatic rings. The van der Waals surface area contributed by atoms with Crippen LogP contribution in [0.3, 0.4) is 0 Å². The van der Waals surface area contributed by atoms with E-state index in [2.05, 4.69) is 43.5 Å². The van der Waals surface area contributed by atoms with Crippen LogP contribution in [-0.2, 0) is 32.7 Å². The van der Waals surface area contributed by atoms with Crippen molar-refractivity contribution in [2.45, 2.75) is 296 Å². The molecule has 1 amide bonds. The van der Waals surface area contributed by atoms with Gasteiger partial charge < -0.3 is 25.2 Å². The van der Waals surface area contributed by atoms with Crippen LogP contribution in [0.25, 0.3) is 0 Å². The van der Waals surface area contributed by atoms with Crippen LogP contribution in [0.2, 0.25) is 0 Å². The number of aliphatic hydroxyl groups is 1. The van der Waals surface area contributed by atoms with Gasteiger partial charge in [0.05, 0.1) is 13.2 Å². The lowest BCUT2D eigenvalue weighted by molar-refractivity contribution is -0.147. The topological polar surface area (TPSA) is 169 Å². The molecule has 0 radical (unpaired) electrons. The van der Waals surface area contributed by atoms with E-state index in [1.165, 1.54) is 199 Å². The molecule has 0 saturated carbocycles. The van der Waals surface area contributed by atoms with Crippen molar-refractivity contribution in [1.29, 1.82) is 0 Å². The molecule has 11 nitrogen and oxygen atoms in total. The minimum absolute atomic E-state index is 0.147. The molecule has 0 heterocycles. The Kier molecular flexibility index (Phi) is 49.8. The van der Waals surface area contributed by atoms with Gasteiger partial charge in [-0.2, -0.15) is 0 Å². The Morgan fingerprint density at radius 2 is 0.809 bits per heavy atom. The highest BCUT2D eigenvalue weighted by atomic mass is 31.2. The molecule has 0 fully saturated rings. The van der Waals surface area contributed by atoms with Crippen LogP contribution in [0.15, 0.2) is 24.3 Å². The van der Waals surface area contributed by atoms with Crippen molar-refractivity contribution in [2.24, 2.45) is 0 Å². The van der Waals surface area contributed by atoms with Crippen molar-refractivity contribution in [3.8, 4) is 0 Å². The van der Waals surface area contributed by atoms with Gasteiger partial charge in [-0.15, -0.1) is 0 Å². The van der Waals surface area contributed by atoms with E-state index in [-0.39, 0.29) is 12.8 Å². The predicted octanol–water partition coefficient (Wildman–Crippen LogP) is 16.1. The summed E-state index contributed by atoms with van der Waals surface area (Å²) in [5.74, 6) is -2.35. The summed E-state index contributed by atoms with van der Waals surface area (Å²) in [5, 5.41) is 22.0. The van der Waals surface area contributed by atoms with Gasteiger partial charge in [0.2, 0.25) is 5.91 Å². The summed E-state index contributed by atoms with van der Waals surface area (Å²) >= 11 is 0. The van der Waals surface area contributed by atoms with Crippen LogP contribution in [-0.4, -0.2) is 64.9 Å². The minimum atomic E-state index is -4.76. The maximum absolute atomic E-state index is 12.4. The number of rotatable bonds is 54. The molecule has 68 heavy (non-hydrogen) atoms. The van der Waals surface area contributed by atoms with Gasteiger partial charge in [-0.05, 0) is 44.9 Å². The first kappa shape index (κ1) is 66.0. The SMILES string of the molecule is CCCCC/C=C\C/C=C\CCCCCCCCCCCCCCCC(=O)NC(COP(=O)(O)OCC(O)COC(=O)CCCCCCCCCCCCCCCCCCCCCCC)C(=O)O. The number of allylic oxidation sites excluding steroid dienone is 4. The number of hydrogen-bond acceptors (Lipinski definition) is 8. The minimum Gasteiger partial charge on any atom is -0.480 e. The number of carboxylic acids is 1. The third-order valence-corrected chi connectivity index (χ3v) is 13.7. The highest BCUT2D eigenvalue weighted by molar-refractivity contribution is 7.47. The van der Waals surface area contributed by atoms with Gasteiger partial charge in [0, 0.05) is 12.8 Å². The summed E-state index contributed by atoms with van der Waals surface area (Å²) in [6.45, 7) is 2.64. The Morgan fingerprint density at radius 3 is 1.22 bits per heavy atom. The normalized spacial score (nSPS) is 13.6. The Labute approximate surface area is 417 Å². The van der Waals surface area contributed by atoms with Crippen molar-refractivity contribution in [3.63, 3.8) is 0 Å². The van der Waals surface area contributed by atoms with Gasteiger partial charge >= 0.3 is 19.8 Å². The first-order chi connectivity index (χ1) is 33.1. The molecule has 0 rings (SSSR count). The summed E-state index contributed by atoms with van der Waals surface area (Å²) < 4.78 is 27.0. The van der Waals surface area contributed by atoms with Crippen LogP contribution in [0.1, 0.15) is 284 Å². The van der Waals surface area contributed by atoms with Crippen LogP contribution in [0, 0.1) is 0 Å². The molecule has 0 aliphatic heterocycles. The number of carbonyl (C=O) groups is 3. The number of carboxylic acid groups (broad SMARTS) is 1. The van der Waals surface area contributed by atoms with Crippen molar-refractivity contribution in [1.82, 2.24) is 5.32 Å². The maximum Gasteiger partial charge on any atom is 0.472 e. The zero-order valence-electron chi connectivity index (χ0n) is 43.9. The average Bonchev–Trinajstić information content (AvgIpc) is 3.32. The zero-order chi connectivity index (χ0) is 49.9. The second-order valence-corrected chi connectivity index (χ2v) is 20.9. The lowest BCUT2D eigenvalue weighted by atomic mass is 10.0. The third-order valence-electron chi connectivity index (χ3n) is 12.7. The lowest BCUT2D eigenvalue weighted by Crippen LogP contribution is -2.43. The van der Waals surface area contributed by atoms with E-state index >= 15 is 0 Å². The molecular weight excluding hydrogens is 878 g/mol. The summed E-state index contributed by atoms with van der Waals surface area (Å²) in [6.07, 6.45) is 57.7. The van der Waals surface area contributed by atoms with Gasteiger partial charge in [0.1, 0.15) is 12.7 Å². The number of nitrogens with one attached hydrogen (secondary N) is 1. The molecule has 3 atom stereocenters. The summed E-state index contributed by atoms with van der Waals surface area (Å²) in [5.41, 5.74) is 0. The second kappa shape index (κ2) is 51.3. The number of aliphatic carboxylic acids is 1. The molecule has 0 aromatic heterocycles. The predicted molar refractivity (Wildman–Crippen MR) is 282 cm³/mol. The largest absolute Gasteiger partial charge is 0.480 e. The lowest BCUT2D eigenvalue weighted by Gasteiger charge is -2.18. The molecule has 0 aromatic carbocycles. The van der Waals surface area contributed by atoms with E-state index in [0.29, 0.717) is 12.8 Å². The number of hydrogen-bond donors (Lipinski definition) is 4. The summed E-state index contributed by atoms with van der Waals surface area (Å²) in [6, 6.07) is -1.55. The van der Waals surface area contributed by atoms with Crippen molar-refractivity contribution < 1.29 is 47.8 Å². The number of amides is 1. The molecule has 0 spiro atoms. The Morgan fingerprint density at radius 1 is 0.471 bits per heavy atom. The Balaban J connectivity index is 3.75. The second-order valence-electron chi connectivity index (χ2n) is 19.5. The van der Waals surface area contributed by atoms with Gasteiger partial charge in [-0.25, -0.2) is 9.36 Å². The Bertz CT molecular complexity index is 1250. The molecular formula is C56H106NO10P. The number of unbranched alkanes of at least 4 members (excludes halogenated alkanes) is 36. The number of aliphatic hydroxyl groups excluding tert-OH is 1. The van der Waals surface area contributed by atoms with E-state index in [1.54, 1.807) is 0 Å². The number of carbonyl (C=O) groups excluding carboxylic acids is 2. The van der Waals surface area contributed by atoms with Crippen LogP contribution >= 0.6 is 7.82 Å². The summed E-state index contributed by atoms with van der Waals surface area (Å²) in [7, 11) is -4.76. The van der Waals surface area contributed by atoms with Gasteiger partial charge in [-0.1, -0.05) is 250 Å². The molecule has 400 valence electrons. The monoisotopic (exact) mass is 984 g/mol.